The Kier molecular flexibility index (Phi) is 16.1. The molecule has 0 saturated carbocycles. The monoisotopic (exact) mass is 589 g/mol. The molecular weight excluding hydrogens is 554 g/mol. The Hall–Kier alpha value is -1.59. The minimum Gasteiger partial charge on any atom is -0.377 e. The van der Waals surface area contributed by atoms with E-state index in [0.717, 1.165) is 40.3 Å². The highest BCUT2D eigenvalue weighted by Gasteiger charge is 2.30. The molecule has 0 aliphatic carbocycles. The smallest absolute Gasteiger partial charge is 0.318 e. The van der Waals surface area contributed by atoms with E-state index in [1.54, 1.807) is 0 Å². The van der Waals surface area contributed by atoms with Gasteiger partial charge >= 0.3 is 6.03 Å². The maximum Gasteiger partial charge on any atom is 0.318 e. The van der Waals surface area contributed by atoms with Crippen molar-refractivity contribution in [3.05, 3.63) is 0 Å². The van der Waals surface area contributed by atoms with E-state index in [1.807, 2.05) is 0 Å². The average Bonchev–Trinajstić information content (AvgIpc) is 2.81. The Balaban J connectivity index is 3.11. The van der Waals surface area contributed by atoms with E-state index in [4.69, 9.17) is 5.73 Å². The Bertz CT molecular complexity index is 757. The summed E-state index contributed by atoms with van der Waals surface area (Å²) in [7, 11) is 3.03. The Morgan fingerprint density at radius 3 is 2.49 bits per heavy atom. The normalized spacial score (nSPS) is 27.0. The molecule has 1 rings (SSSR count). The molecule has 214 valence electrons. The van der Waals surface area contributed by atoms with Crippen molar-refractivity contribution in [2.45, 2.75) is 48.1 Å². The van der Waals surface area contributed by atoms with Crippen LogP contribution in [0.25, 0.3) is 0 Å². The molecule has 1 aliphatic heterocycles. The van der Waals surface area contributed by atoms with Crippen molar-refractivity contribution in [1.82, 2.24) is 42.5 Å². The summed E-state index contributed by atoms with van der Waals surface area (Å²) in [5.74, 6) is -1.26. The number of nitrogens with one attached hydrogen (secondary N) is 8. The van der Waals surface area contributed by atoms with Crippen molar-refractivity contribution in [1.29, 1.82) is 0 Å². The van der Waals surface area contributed by atoms with Crippen LogP contribution in [-0.4, -0.2) is 118 Å². The predicted octanol–water partition coefficient (Wildman–Crippen LogP) is -5.65. The lowest BCUT2D eigenvalue weighted by Gasteiger charge is -2.30. The fraction of sp³-hybridized carbons (Fsp3) is 0.765. The molecule has 1 fully saturated rings. The predicted molar refractivity (Wildman–Crippen MR) is 139 cm³/mol. The molecule has 7 unspecified atom stereocenters. The lowest BCUT2D eigenvalue weighted by Crippen LogP contribution is -2.58. The van der Waals surface area contributed by atoms with Crippen LogP contribution in [0.3, 0.4) is 0 Å². The van der Waals surface area contributed by atoms with E-state index >= 15 is 0 Å². The minimum absolute atomic E-state index is 0.140. The maximum absolute atomic E-state index is 12.5. The fourth-order valence-electron chi connectivity index (χ4n) is 2.53. The molecule has 14 N–H and O–H groups in total. The van der Waals surface area contributed by atoms with Gasteiger partial charge in [0, 0.05) is 32.8 Å². The van der Waals surface area contributed by atoms with Crippen LogP contribution in [0.4, 0.5) is 4.79 Å². The van der Waals surface area contributed by atoms with Crippen molar-refractivity contribution < 1.29 is 39.6 Å². The first-order valence-corrected chi connectivity index (χ1v) is 14.2. The summed E-state index contributed by atoms with van der Waals surface area (Å²) in [6.07, 6.45) is -6.02. The van der Waals surface area contributed by atoms with Gasteiger partial charge in [0.15, 0.2) is 18.0 Å². The highest BCUT2D eigenvalue weighted by Crippen LogP contribution is 2.31. The van der Waals surface area contributed by atoms with Gasteiger partial charge in [0.05, 0.1) is 6.54 Å². The van der Waals surface area contributed by atoms with E-state index in [9.17, 15) is 39.6 Å². The molecule has 1 heterocycles. The number of amides is 5. The molecule has 0 aromatic rings. The summed E-state index contributed by atoms with van der Waals surface area (Å²) in [5, 5.41) is 56.9. The van der Waals surface area contributed by atoms with Crippen molar-refractivity contribution in [2.75, 3.05) is 32.4 Å². The van der Waals surface area contributed by atoms with Crippen LogP contribution in [0, 0.1) is 0 Å². The van der Waals surface area contributed by atoms with E-state index in [0.29, 0.717) is 12.3 Å². The highest BCUT2D eigenvalue weighted by atomic mass is 33.1. The first kappa shape index (κ1) is 33.4. The third-order valence-corrected chi connectivity index (χ3v) is 8.19. The van der Waals surface area contributed by atoms with E-state index in [-0.39, 0.29) is 13.1 Å². The molecule has 20 heteroatoms. The third-order valence-electron chi connectivity index (χ3n) is 4.21. The SMILES string of the molecule is CNC(=O)C1NC(=O)NC(O)C(NC(O)NC(C)=O)SSC(C(O)NCC(N)O)NC(=O)CNCCS1. The standard InChI is InChI=1S/C17H35N9O8S3/c1-7(27)22-16(33)26-15-12(32)24-17(34)25-13(10(30)19-2)35-4-3-20-6-9(29)23-14(36-37-15)11(31)21-5-8(18)28/h8,11-16,20-21,26,28,31-33H,3-6,18H2,1-2H3,(H,19,30)(H,22,27)(H,23,29)(H2,24,25,34). The number of aliphatic hydroxyl groups is 4. The zero-order chi connectivity index (χ0) is 28.0. The topological polar surface area (TPSA) is 271 Å². The summed E-state index contributed by atoms with van der Waals surface area (Å²) in [6.45, 7) is 1.11. The zero-order valence-corrected chi connectivity index (χ0v) is 22.5. The molecule has 0 aromatic carbocycles. The van der Waals surface area contributed by atoms with Crippen LogP contribution >= 0.6 is 33.3 Å². The number of nitrogens with two attached hydrogens (primary N) is 1. The summed E-state index contributed by atoms with van der Waals surface area (Å²) in [4.78, 5) is 48.3. The summed E-state index contributed by atoms with van der Waals surface area (Å²) in [6, 6.07) is -0.899. The highest BCUT2D eigenvalue weighted by molar-refractivity contribution is 8.77. The minimum atomic E-state index is -1.70. The number of rotatable bonds is 8. The summed E-state index contributed by atoms with van der Waals surface area (Å²) >= 11 is 1.07. The molecule has 5 amide bonds. The van der Waals surface area contributed by atoms with Crippen LogP contribution in [0.5, 0.6) is 0 Å². The van der Waals surface area contributed by atoms with Crippen LogP contribution in [0.1, 0.15) is 6.92 Å². The first-order chi connectivity index (χ1) is 17.4. The number of likely N-dealkylation sites (N-methyl/N-ethyl adjacent to an activating group) is 1. The van der Waals surface area contributed by atoms with Gasteiger partial charge in [-0.05, 0) is 0 Å². The van der Waals surface area contributed by atoms with Gasteiger partial charge in [-0.3, -0.25) is 25.0 Å². The number of carbonyl (C=O) groups excluding carboxylic acids is 4. The van der Waals surface area contributed by atoms with Crippen LogP contribution in [0.2, 0.25) is 0 Å². The van der Waals surface area contributed by atoms with Gasteiger partial charge in [-0.25, -0.2) is 4.79 Å². The zero-order valence-electron chi connectivity index (χ0n) is 20.1. The number of hydrogen-bond acceptors (Lipinski definition) is 15. The maximum atomic E-state index is 12.5. The third kappa shape index (κ3) is 14.2. The van der Waals surface area contributed by atoms with E-state index < -0.39 is 64.9 Å². The van der Waals surface area contributed by atoms with Crippen LogP contribution < -0.4 is 48.3 Å². The molecule has 1 aliphatic rings. The molecule has 37 heavy (non-hydrogen) atoms. The van der Waals surface area contributed by atoms with Crippen LogP contribution in [-0.2, 0) is 14.4 Å². The largest absolute Gasteiger partial charge is 0.377 e. The van der Waals surface area contributed by atoms with E-state index in [1.165, 1.54) is 7.05 Å². The van der Waals surface area contributed by atoms with Crippen LogP contribution in [0.15, 0.2) is 0 Å². The molecule has 7 atom stereocenters. The molecule has 0 spiro atoms. The molecule has 0 aromatic heterocycles. The lowest BCUT2D eigenvalue weighted by molar-refractivity contribution is -0.123. The van der Waals surface area contributed by atoms with E-state index in [2.05, 4.69) is 42.5 Å². The molecular formula is C17H35N9O8S3. The van der Waals surface area contributed by atoms with Gasteiger partial charge in [-0.15, -0.1) is 11.8 Å². The van der Waals surface area contributed by atoms with Gasteiger partial charge in [0.2, 0.25) is 11.8 Å². The van der Waals surface area contributed by atoms with Gasteiger partial charge < -0.3 is 58.1 Å². The van der Waals surface area contributed by atoms with Gasteiger partial charge in [0.25, 0.3) is 5.91 Å². The van der Waals surface area contributed by atoms with Crippen molar-refractivity contribution in [2.24, 2.45) is 5.73 Å². The Labute approximate surface area is 225 Å². The Morgan fingerprint density at radius 2 is 1.86 bits per heavy atom. The average molecular weight is 590 g/mol. The lowest BCUT2D eigenvalue weighted by atomic mass is 10.4. The van der Waals surface area contributed by atoms with Crippen molar-refractivity contribution >= 4 is 57.1 Å². The Morgan fingerprint density at radius 1 is 1.16 bits per heavy atom. The van der Waals surface area contributed by atoms with Crippen molar-refractivity contribution in [3.63, 3.8) is 0 Å². The van der Waals surface area contributed by atoms with Gasteiger partial charge in [0.1, 0.15) is 23.2 Å². The van der Waals surface area contributed by atoms with Crippen molar-refractivity contribution in [3.8, 4) is 0 Å². The molecule has 0 bridgehead atoms. The second-order valence-electron chi connectivity index (χ2n) is 7.40. The summed E-state index contributed by atoms with van der Waals surface area (Å²) in [5.41, 5.74) is 5.28. The van der Waals surface area contributed by atoms with Gasteiger partial charge in [-0.1, -0.05) is 21.6 Å². The fourth-order valence-corrected chi connectivity index (χ4v) is 6.13. The summed E-state index contributed by atoms with van der Waals surface area (Å²) < 4.78 is 0. The van der Waals surface area contributed by atoms with Gasteiger partial charge in [-0.2, -0.15) is 0 Å². The molecule has 1 saturated heterocycles. The molecule has 17 nitrogen and oxygen atoms in total. The number of carbonyl (C=O) groups is 4. The number of urea groups is 1. The second-order valence-corrected chi connectivity index (χ2v) is 11.2. The first-order valence-electron chi connectivity index (χ1n) is 10.9. The number of hydrogen-bond donors (Lipinski definition) is 13. The quantitative estimate of drug-likeness (QED) is 0.0928. The number of aliphatic hydroxyl groups excluding tert-OH is 4. The second kappa shape index (κ2) is 17.8. The number of thioether (sulfide) groups is 1. The molecule has 0 radical (unpaired) electrons.